The van der Waals surface area contributed by atoms with Crippen LogP contribution in [0.25, 0.3) is 0 Å². The Labute approximate surface area is 102 Å². The highest BCUT2D eigenvalue weighted by molar-refractivity contribution is 5.74. The molecule has 1 N–H and O–H groups in total. The summed E-state index contributed by atoms with van der Waals surface area (Å²) in [4.78, 5) is 10.5. The summed E-state index contributed by atoms with van der Waals surface area (Å²) < 4.78 is 5.67. The lowest BCUT2D eigenvalue weighted by atomic mass is 9.95. The van der Waals surface area contributed by atoms with Crippen molar-refractivity contribution in [1.29, 1.82) is 0 Å². The topological polar surface area (TPSA) is 38.3 Å². The summed E-state index contributed by atoms with van der Waals surface area (Å²) in [7, 11) is 0. The van der Waals surface area contributed by atoms with Gasteiger partial charge >= 0.3 is 0 Å². The number of hydrogen-bond acceptors (Lipinski definition) is 3. The molecule has 1 aliphatic rings. The van der Waals surface area contributed by atoms with Gasteiger partial charge in [-0.2, -0.15) is 0 Å². The summed E-state index contributed by atoms with van der Waals surface area (Å²) in [6, 6.07) is 7.28. The van der Waals surface area contributed by atoms with Crippen LogP contribution in [0.2, 0.25) is 0 Å². The summed E-state index contributed by atoms with van der Waals surface area (Å²) in [5.41, 5.74) is 0.690. The van der Waals surface area contributed by atoms with Gasteiger partial charge in [-0.1, -0.05) is 0 Å². The number of nitrogens with one attached hydrogen (secondary N) is 1. The number of piperidine rings is 1. The second kappa shape index (κ2) is 6.40. The molecule has 0 unspecified atom stereocenters. The summed E-state index contributed by atoms with van der Waals surface area (Å²) in [5.74, 6) is 1.65. The van der Waals surface area contributed by atoms with E-state index in [1.54, 1.807) is 12.1 Å². The van der Waals surface area contributed by atoms with E-state index in [1.807, 2.05) is 12.1 Å². The number of ether oxygens (including phenoxy) is 1. The molecular weight excluding hydrogens is 214 g/mol. The quantitative estimate of drug-likeness (QED) is 0.793. The summed E-state index contributed by atoms with van der Waals surface area (Å²) in [6.07, 6.45) is 4.48. The third kappa shape index (κ3) is 3.86. The molecule has 1 aliphatic heterocycles. The van der Waals surface area contributed by atoms with Crippen LogP contribution < -0.4 is 10.1 Å². The number of aldehydes is 1. The Hall–Kier alpha value is -1.35. The van der Waals surface area contributed by atoms with Crippen LogP contribution in [-0.4, -0.2) is 26.0 Å². The van der Waals surface area contributed by atoms with Gasteiger partial charge in [0, 0.05) is 5.56 Å². The lowest BCUT2D eigenvalue weighted by Crippen LogP contribution is -2.28. The molecule has 17 heavy (non-hydrogen) atoms. The highest BCUT2D eigenvalue weighted by Crippen LogP contribution is 2.17. The van der Waals surface area contributed by atoms with E-state index in [4.69, 9.17) is 4.74 Å². The predicted octanol–water partition coefficient (Wildman–Crippen LogP) is 2.27. The van der Waals surface area contributed by atoms with Gasteiger partial charge in [-0.15, -0.1) is 0 Å². The highest BCUT2D eigenvalue weighted by Gasteiger charge is 2.12. The lowest BCUT2D eigenvalue weighted by molar-refractivity contribution is 0.112. The molecule has 0 bridgehead atoms. The molecule has 0 atom stereocenters. The molecule has 3 heteroatoms. The SMILES string of the molecule is O=Cc1ccc(OCCC2CCNCC2)cc1. The van der Waals surface area contributed by atoms with Gasteiger partial charge in [-0.3, -0.25) is 4.79 Å². The maximum absolute atomic E-state index is 10.5. The monoisotopic (exact) mass is 233 g/mol. The normalized spacial score (nSPS) is 16.7. The van der Waals surface area contributed by atoms with Gasteiger partial charge in [0.15, 0.2) is 0 Å². The van der Waals surface area contributed by atoms with Gasteiger partial charge in [0.2, 0.25) is 0 Å². The minimum Gasteiger partial charge on any atom is -0.494 e. The largest absolute Gasteiger partial charge is 0.494 e. The lowest BCUT2D eigenvalue weighted by Gasteiger charge is -2.22. The summed E-state index contributed by atoms with van der Waals surface area (Å²) in [5, 5.41) is 3.36. The zero-order valence-electron chi connectivity index (χ0n) is 10.0. The van der Waals surface area contributed by atoms with Gasteiger partial charge in [0.1, 0.15) is 12.0 Å². The van der Waals surface area contributed by atoms with Crippen LogP contribution in [0.15, 0.2) is 24.3 Å². The first-order chi connectivity index (χ1) is 8.38. The van der Waals surface area contributed by atoms with Gasteiger partial charge in [0.05, 0.1) is 6.61 Å². The van der Waals surface area contributed by atoms with E-state index in [-0.39, 0.29) is 0 Å². The Balaban J connectivity index is 1.71. The molecule has 0 aliphatic carbocycles. The van der Waals surface area contributed by atoms with Crippen molar-refractivity contribution in [3.8, 4) is 5.75 Å². The van der Waals surface area contributed by atoms with E-state index < -0.39 is 0 Å². The fourth-order valence-electron chi connectivity index (χ4n) is 2.16. The second-order valence-corrected chi connectivity index (χ2v) is 4.52. The van der Waals surface area contributed by atoms with Crippen molar-refractivity contribution >= 4 is 6.29 Å². The number of hydrogen-bond donors (Lipinski definition) is 1. The van der Waals surface area contributed by atoms with E-state index in [1.165, 1.54) is 12.8 Å². The van der Waals surface area contributed by atoms with E-state index in [9.17, 15) is 4.79 Å². The first kappa shape index (κ1) is 12.1. The molecule has 1 fully saturated rings. The Morgan fingerprint density at radius 2 is 1.94 bits per heavy atom. The molecule has 0 amide bonds. The molecule has 1 heterocycles. The Kier molecular flexibility index (Phi) is 4.56. The van der Waals surface area contributed by atoms with Crippen LogP contribution in [-0.2, 0) is 0 Å². The first-order valence-electron chi connectivity index (χ1n) is 6.27. The molecule has 0 aromatic heterocycles. The van der Waals surface area contributed by atoms with Crippen LogP contribution >= 0.6 is 0 Å². The van der Waals surface area contributed by atoms with E-state index >= 15 is 0 Å². The summed E-state index contributed by atoms with van der Waals surface area (Å²) >= 11 is 0. The smallest absolute Gasteiger partial charge is 0.150 e. The van der Waals surface area contributed by atoms with E-state index in [2.05, 4.69) is 5.32 Å². The third-order valence-corrected chi connectivity index (χ3v) is 3.27. The Morgan fingerprint density at radius 1 is 1.24 bits per heavy atom. The van der Waals surface area contributed by atoms with Crippen molar-refractivity contribution in [2.24, 2.45) is 5.92 Å². The predicted molar refractivity (Wildman–Crippen MR) is 67.5 cm³/mol. The average molecular weight is 233 g/mol. The molecule has 0 saturated carbocycles. The number of carbonyl (C=O) groups is 1. The second-order valence-electron chi connectivity index (χ2n) is 4.52. The maximum atomic E-state index is 10.5. The highest BCUT2D eigenvalue weighted by atomic mass is 16.5. The zero-order valence-corrected chi connectivity index (χ0v) is 10.0. The first-order valence-corrected chi connectivity index (χ1v) is 6.27. The maximum Gasteiger partial charge on any atom is 0.150 e. The molecule has 0 radical (unpaired) electrons. The van der Waals surface area contributed by atoms with E-state index in [0.29, 0.717) is 5.56 Å². The van der Waals surface area contributed by atoms with Crippen LogP contribution in [0, 0.1) is 5.92 Å². The van der Waals surface area contributed by atoms with Crippen molar-refractivity contribution in [1.82, 2.24) is 5.32 Å². The van der Waals surface area contributed by atoms with Crippen LogP contribution in [0.3, 0.4) is 0 Å². The fourth-order valence-corrected chi connectivity index (χ4v) is 2.16. The van der Waals surface area contributed by atoms with Crippen molar-refractivity contribution in [3.05, 3.63) is 29.8 Å². The van der Waals surface area contributed by atoms with Crippen molar-refractivity contribution in [2.45, 2.75) is 19.3 Å². The van der Waals surface area contributed by atoms with Crippen molar-refractivity contribution in [3.63, 3.8) is 0 Å². The Bertz CT molecular complexity index is 342. The molecule has 3 nitrogen and oxygen atoms in total. The van der Waals surface area contributed by atoms with Crippen molar-refractivity contribution < 1.29 is 9.53 Å². The molecule has 2 rings (SSSR count). The standard InChI is InChI=1S/C14H19NO2/c16-11-13-1-3-14(4-2-13)17-10-7-12-5-8-15-9-6-12/h1-4,11-12,15H,5-10H2. The third-order valence-electron chi connectivity index (χ3n) is 3.27. The molecule has 0 spiro atoms. The van der Waals surface area contributed by atoms with Gasteiger partial charge < -0.3 is 10.1 Å². The molecule has 1 aromatic carbocycles. The minimum atomic E-state index is 0.690. The van der Waals surface area contributed by atoms with Gasteiger partial charge in [0.25, 0.3) is 0 Å². The fraction of sp³-hybridized carbons (Fsp3) is 0.500. The van der Waals surface area contributed by atoms with Gasteiger partial charge in [-0.05, 0) is 62.5 Å². The molecule has 92 valence electrons. The molecule has 1 saturated heterocycles. The summed E-state index contributed by atoms with van der Waals surface area (Å²) in [6.45, 7) is 3.04. The van der Waals surface area contributed by atoms with Crippen molar-refractivity contribution in [2.75, 3.05) is 19.7 Å². The van der Waals surface area contributed by atoms with Crippen LogP contribution in [0.5, 0.6) is 5.75 Å². The van der Waals surface area contributed by atoms with E-state index in [0.717, 1.165) is 44.1 Å². The number of rotatable bonds is 5. The molecule has 1 aromatic rings. The number of carbonyl (C=O) groups excluding carboxylic acids is 1. The van der Waals surface area contributed by atoms with Gasteiger partial charge in [-0.25, -0.2) is 0 Å². The van der Waals surface area contributed by atoms with Crippen LogP contribution in [0.4, 0.5) is 0 Å². The number of benzene rings is 1. The Morgan fingerprint density at radius 3 is 2.59 bits per heavy atom. The average Bonchev–Trinajstić information content (AvgIpc) is 2.41. The van der Waals surface area contributed by atoms with Crippen LogP contribution in [0.1, 0.15) is 29.6 Å². The molecular formula is C14H19NO2. The zero-order chi connectivity index (χ0) is 11.9. The minimum absolute atomic E-state index is 0.690.